The second-order valence-electron chi connectivity index (χ2n) is 8.44. The molecule has 0 bridgehead atoms. The van der Waals surface area contributed by atoms with Crippen molar-refractivity contribution < 1.29 is 19.1 Å². The van der Waals surface area contributed by atoms with E-state index in [9.17, 15) is 9.59 Å². The lowest BCUT2D eigenvalue weighted by Gasteiger charge is -2.20. The Kier molecular flexibility index (Phi) is 9.53. The molecule has 2 aromatic carbocycles. The molecule has 0 aliphatic carbocycles. The predicted octanol–water partition coefficient (Wildman–Crippen LogP) is 4.68. The van der Waals surface area contributed by atoms with Crippen LogP contribution in [0.5, 0.6) is 0 Å². The normalized spacial score (nSPS) is 12.1. The third-order valence-electron chi connectivity index (χ3n) is 4.69. The molecular weight excluding hydrogens is 392 g/mol. The molecule has 0 aromatic heterocycles. The maximum atomic E-state index is 12.1. The van der Waals surface area contributed by atoms with Crippen LogP contribution in [0.15, 0.2) is 54.6 Å². The Hall–Kier alpha value is -2.86. The molecule has 2 aromatic rings. The summed E-state index contributed by atoms with van der Waals surface area (Å²) in [4.78, 5) is 23.8. The summed E-state index contributed by atoms with van der Waals surface area (Å²) in [6, 6.07) is 18.1. The van der Waals surface area contributed by atoms with Gasteiger partial charge in [-0.15, -0.1) is 0 Å². The summed E-state index contributed by atoms with van der Waals surface area (Å²) in [6.45, 7) is 6.56. The number of rotatable bonds is 10. The Morgan fingerprint density at radius 1 is 0.935 bits per heavy atom. The molecule has 1 atom stereocenters. The molecule has 31 heavy (non-hydrogen) atoms. The zero-order valence-corrected chi connectivity index (χ0v) is 18.9. The van der Waals surface area contributed by atoms with E-state index in [4.69, 9.17) is 9.47 Å². The number of methoxy groups -OCH3 is 1. The first kappa shape index (κ1) is 24.4. The summed E-state index contributed by atoms with van der Waals surface area (Å²) in [5.74, 6) is -0.277. The van der Waals surface area contributed by atoms with Crippen molar-refractivity contribution in [3.05, 3.63) is 60.2 Å². The fourth-order valence-electron chi connectivity index (χ4n) is 3.11. The second kappa shape index (κ2) is 12.1. The standard InChI is InChI=1S/C25H34N2O4/c1-25(2,3)31-24(29)26-17-9-8-12-22(23(28)30-4)27-18-19-13-15-21(16-14-19)20-10-6-5-7-11-20/h5-7,10-11,13-16,22,27H,8-9,12,17-18H2,1-4H3,(H,26,29). The van der Waals surface area contributed by atoms with Crippen LogP contribution in [-0.4, -0.2) is 37.4 Å². The minimum Gasteiger partial charge on any atom is -0.468 e. The number of carbonyl (C=O) groups excluding carboxylic acids is 2. The largest absolute Gasteiger partial charge is 0.468 e. The fourth-order valence-corrected chi connectivity index (χ4v) is 3.11. The van der Waals surface area contributed by atoms with Crippen LogP contribution in [0.3, 0.4) is 0 Å². The minimum absolute atomic E-state index is 0.277. The van der Waals surface area contributed by atoms with Crippen molar-refractivity contribution in [2.45, 2.75) is 58.2 Å². The van der Waals surface area contributed by atoms with E-state index in [1.807, 2.05) is 39.0 Å². The maximum absolute atomic E-state index is 12.1. The molecule has 168 valence electrons. The highest BCUT2D eigenvalue weighted by Crippen LogP contribution is 2.19. The summed E-state index contributed by atoms with van der Waals surface area (Å²) in [7, 11) is 1.40. The lowest BCUT2D eigenvalue weighted by Crippen LogP contribution is -2.37. The Bertz CT molecular complexity index is 814. The monoisotopic (exact) mass is 426 g/mol. The Morgan fingerprint density at radius 3 is 2.19 bits per heavy atom. The topological polar surface area (TPSA) is 76.7 Å². The summed E-state index contributed by atoms with van der Waals surface area (Å²) < 4.78 is 10.1. The van der Waals surface area contributed by atoms with E-state index in [0.717, 1.165) is 24.0 Å². The highest BCUT2D eigenvalue weighted by molar-refractivity contribution is 5.75. The van der Waals surface area contributed by atoms with Crippen molar-refractivity contribution in [2.24, 2.45) is 0 Å². The Balaban J connectivity index is 1.77. The highest BCUT2D eigenvalue weighted by Gasteiger charge is 2.19. The maximum Gasteiger partial charge on any atom is 0.407 e. The summed E-state index contributed by atoms with van der Waals surface area (Å²) >= 11 is 0. The van der Waals surface area contributed by atoms with Crippen molar-refractivity contribution in [3.8, 4) is 11.1 Å². The van der Waals surface area contributed by atoms with E-state index in [2.05, 4.69) is 47.0 Å². The molecule has 2 rings (SSSR count). The summed E-state index contributed by atoms with van der Waals surface area (Å²) in [6.07, 6.45) is 1.73. The van der Waals surface area contributed by atoms with Crippen molar-refractivity contribution in [1.82, 2.24) is 10.6 Å². The molecule has 0 aliphatic heterocycles. The highest BCUT2D eigenvalue weighted by atomic mass is 16.6. The van der Waals surface area contributed by atoms with Crippen LogP contribution in [0, 0.1) is 0 Å². The quantitative estimate of drug-likeness (QED) is 0.426. The minimum atomic E-state index is -0.511. The van der Waals surface area contributed by atoms with Gasteiger partial charge in [0, 0.05) is 13.1 Å². The molecule has 0 fully saturated rings. The molecule has 0 aliphatic rings. The molecule has 0 radical (unpaired) electrons. The second-order valence-corrected chi connectivity index (χ2v) is 8.44. The van der Waals surface area contributed by atoms with Crippen molar-refractivity contribution in [1.29, 1.82) is 0 Å². The average molecular weight is 427 g/mol. The van der Waals surface area contributed by atoms with Gasteiger partial charge in [-0.2, -0.15) is 0 Å². The van der Waals surface area contributed by atoms with Gasteiger partial charge in [-0.3, -0.25) is 4.79 Å². The number of carbonyl (C=O) groups is 2. The van der Waals surface area contributed by atoms with Crippen LogP contribution >= 0.6 is 0 Å². The van der Waals surface area contributed by atoms with Gasteiger partial charge in [0.25, 0.3) is 0 Å². The molecule has 0 spiro atoms. The Morgan fingerprint density at radius 2 is 1.58 bits per heavy atom. The first-order valence-electron chi connectivity index (χ1n) is 10.7. The van der Waals surface area contributed by atoms with Gasteiger partial charge in [0.15, 0.2) is 0 Å². The van der Waals surface area contributed by atoms with Gasteiger partial charge in [-0.25, -0.2) is 4.79 Å². The molecule has 0 saturated heterocycles. The zero-order valence-electron chi connectivity index (χ0n) is 18.9. The Labute approximate surface area is 185 Å². The van der Waals surface area contributed by atoms with Crippen molar-refractivity contribution >= 4 is 12.1 Å². The third kappa shape index (κ3) is 9.22. The molecular formula is C25H34N2O4. The van der Waals surface area contributed by atoms with E-state index in [1.165, 1.54) is 12.7 Å². The SMILES string of the molecule is COC(=O)C(CCCCNC(=O)OC(C)(C)C)NCc1ccc(-c2ccccc2)cc1. The molecule has 6 nitrogen and oxygen atoms in total. The third-order valence-corrected chi connectivity index (χ3v) is 4.69. The number of nitrogens with one attached hydrogen (secondary N) is 2. The van der Waals surface area contributed by atoms with Crippen LogP contribution < -0.4 is 10.6 Å². The van der Waals surface area contributed by atoms with E-state index in [1.54, 1.807) is 0 Å². The molecule has 0 saturated carbocycles. The van der Waals surface area contributed by atoms with Gasteiger partial charge in [-0.1, -0.05) is 54.6 Å². The van der Waals surface area contributed by atoms with Crippen molar-refractivity contribution in [3.63, 3.8) is 0 Å². The number of amides is 1. The number of unbranched alkanes of at least 4 members (excludes halogenated alkanes) is 1. The van der Waals surface area contributed by atoms with Crippen LogP contribution in [0.4, 0.5) is 4.79 Å². The van der Waals surface area contributed by atoms with Gasteiger partial charge in [0.2, 0.25) is 0 Å². The summed E-state index contributed by atoms with van der Waals surface area (Å²) in [5.41, 5.74) is 2.92. The van der Waals surface area contributed by atoms with E-state index < -0.39 is 11.7 Å². The number of benzene rings is 2. The average Bonchev–Trinajstić information content (AvgIpc) is 2.75. The van der Waals surface area contributed by atoms with E-state index in [-0.39, 0.29) is 12.0 Å². The van der Waals surface area contributed by atoms with Crippen LogP contribution in [0.2, 0.25) is 0 Å². The van der Waals surface area contributed by atoms with Gasteiger partial charge in [0.1, 0.15) is 11.6 Å². The molecule has 1 unspecified atom stereocenters. The molecule has 1 amide bonds. The lowest BCUT2D eigenvalue weighted by molar-refractivity contribution is -0.143. The van der Waals surface area contributed by atoms with Gasteiger partial charge >= 0.3 is 12.1 Å². The van der Waals surface area contributed by atoms with Gasteiger partial charge < -0.3 is 20.1 Å². The number of ether oxygens (including phenoxy) is 2. The molecule has 0 heterocycles. The summed E-state index contributed by atoms with van der Waals surface area (Å²) in [5, 5.41) is 6.03. The fraction of sp³-hybridized carbons (Fsp3) is 0.440. The van der Waals surface area contributed by atoms with Gasteiger partial charge in [0.05, 0.1) is 7.11 Å². The number of alkyl carbamates (subject to hydrolysis) is 1. The van der Waals surface area contributed by atoms with Crippen LogP contribution in [0.1, 0.15) is 45.6 Å². The zero-order chi connectivity index (χ0) is 22.7. The molecule has 2 N–H and O–H groups in total. The number of hydrogen-bond donors (Lipinski definition) is 2. The van der Waals surface area contributed by atoms with Crippen LogP contribution in [-0.2, 0) is 20.8 Å². The lowest BCUT2D eigenvalue weighted by atomic mass is 10.0. The van der Waals surface area contributed by atoms with Crippen molar-refractivity contribution in [2.75, 3.05) is 13.7 Å². The smallest absolute Gasteiger partial charge is 0.407 e. The van der Waals surface area contributed by atoms with E-state index >= 15 is 0 Å². The molecule has 6 heteroatoms. The van der Waals surface area contributed by atoms with E-state index in [0.29, 0.717) is 19.5 Å². The van der Waals surface area contributed by atoms with Gasteiger partial charge in [-0.05, 0) is 56.7 Å². The first-order chi connectivity index (χ1) is 14.8. The van der Waals surface area contributed by atoms with Crippen LogP contribution in [0.25, 0.3) is 11.1 Å². The number of esters is 1. The predicted molar refractivity (Wildman–Crippen MR) is 123 cm³/mol. The number of hydrogen-bond acceptors (Lipinski definition) is 5. The first-order valence-corrected chi connectivity index (χ1v) is 10.7.